The molecule has 1 aromatic carbocycles. The molecule has 0 spiro atoms. The minimum absolute atomic E-state index is 0.226. The Labute approximate surface area is 156 Å². The van der Waals surface area contributed by atoms with E-state index in [1.165, 1.54) is 9.80 Å². The first-order valence-electron chi connectivity index (χ1n) is 8.80. The van der Waals surface area contributed by atoms with Crippen molar-refractivity contribution in [3.05, 3.63) is 34.9 Å². The van der Waals surface area contributed by atoms with Gasteiger partial charge >= 0.3 is 6.09 Å². The van der Waals surface area contributed by atoms with Crippen LogP contribution in [0.5, 0.6) is 0 Å². The molecule has 26 heavy (non-hydrogen) atoms. The summed E-state index contributed by atoms with van der Waals surface area (Å²) in [6.45, 7) is 1.14. The first kappa shape index (κ1) is 18.5. The van der Waals surface area contributed by atoms with Crippen LogP contribution in [0, 0.1) is 0 Å². The summed E-state index contributed by atoms with van der Waals surface area (Å²) in [4.78, 5) is 39.4. The van der Waals surface area contributed by atoms with Crippen LogP contribution >= 0.6 is 11.6 Å². The van der Waals surface area contributed by atoms with Gasteiger partial charge < -0.3 is 15.3 Å². The van der Waals surface area contributed by atoms with E-state index in [1.807, 2.05) is 18.2 Å². The van der Waals surface area contributed by atoms with Gasteiger partial charge in [-0.25, -0.2) is 4.79 Å². The second kappa shape index (κ2) is 7.95. The van der Waals surface area contributed by atoms with Crippen molar-refractivity contribution in [1.82, 2.24) is 15.1 Å². The van der Waals surface area contributed by atoms with Crippen LogP contribution in [0.25, 0.3) is 0 Å². The van der Waals surface area contributed by atoms with Gasteiger partial charge in [-0.2, -0.15) is 0 Å². The van der Waals surface area contributed by atoms with Crippen LogP contribution in [0.4, 0.5) is 4.79 Å². The molecule has 2 heterocycles. The number of nitrogens with zero attached hydrogens (tertiary/aromatic N) is 2. The van der Waals surface area contributed by atoms with E-state index in [0.29, 0.717) is 43.9 Å². The predicted molar refractivity (Wildman–Crippen MR) is 95.8 cm³/mol. The number of carboxylic acid groups (broad SMARTS) is 1. The molecule has 1 aromatic rings. The Balaban J connectivity index is 1.64. The summed E-state index contributed by atoms with van der Waals surface area (Å²) in [5, 5.41) is 12.7. The van der Waals surface area contributed by atoms with E-state index in [-0.39, 0.29) is 11.8 Å². The van der Waals surface area contributed by atoms with E-state index in [1.54, 1.807) is 6.07 Å². The minimum atomic E-state index is -1.08. The third-order valence-electron chi connectivity index (χ3n) is 5.03. The van der Waals surface area contributed by atoms with Crippen molar-refractivity contribution in [1.29, 1.82) is 0 Å². The van der Waals surface area contributed by atoms with E-state index in [4.69, 9.17) is 11.6 Å². The summed E-state index contributed by atoms with van der Waals surface area (Å²) in [7, 11) is 0. The summed E-state index contributed by atoms with van der Waals surface area (Å²) in [5.74, 6) is -0.490. The molecule has 0 bridgehead atoms. The summed E-state index contributed by atoms with van der Waals surface area (Å²) in [6.07, 6.45) is 1.41. The van der Waals surface area contributed by atoms with E-state index in [2.05, 4.69) is 5.32 Å². The second-order valence-electron chi connectivity index (χ2n) is 6.63. The Hall–Kier alpha value is -2.28. The van der Waals surface area contributed by atoms with Crippen molar-refractivity contribution in [2.24, 2.45) is 0 Å². The first-order valence-corrected chi connectivity index (χ1v) is 9.18. The minimum Gasteiger partial charge on any atom is -0.465 e. The SMILES string of the molecule is O=C(NCc1ccccc1Cl)C1CCCN1C(=O)C1CCCN1C(=O)O. The van der Waals surface area contributed by atoms with Gasteiger partial charge in [-0.15, -0.1) is 0 Å². The Morgan fingerprint density at radius 2 is 1.73 bits per heavy atom. The zero-order chi connectivity index (χ0) is 18.7. The number of nitrogens with one attached hydrogen (secondary N) is 1. The van der Waals surface area contributed by atoms with Crippen LogP contribution < -0.4 is 5.32 Å². The number of amides is 3. The molecule has 3 amide bonds. The van der Waals surface area contributed by atoms with Crippen molar-refractivity contribution in [3.63, 3.8) is 0 Å². The molecule has 0 aliphatic carbocycles. The van der Waals surface area contributed by atoms with Crippen LogP contribution in [0.3, 0.4) is 0 Å². The van der Waals surface area contributed by atoms with E-state index in [0.717, 1.165) is 12.0 Å². The van der Waals surface area contributed by atoms with Gasteiger partial charge in [0.2, 0.25) is 11.8 Å². The number of carbonyl (C=O) groups excluding carboxylic acids is 2. The lowest BCUT2D eigenvalue weighted by Crippen LogP contribution is -2.52. The maximum atomic E-state index is 12.8. The number of carbonyl (C=O) groups is 3. The van der Waals surface area contributed by atoms with E-state index >= 15 is 0 Å². The highest BCUT2D eigenvalue weighted by atomic mass is 35.5. The largest absolute Gasteiger partial charge is 0.465 e. The summed E-state index contributed by atoms with van der Waals surface area (Å²) >= 11 is 6.10. The van der Waals surface area contributed by atoms with Gasteiger partial charge in [0.1, 0.15) is 12.1 Å². The average molecular weight is 380 g/mol. The van der Waals surface area contributed by atoms with E-state index in [9.17, 15) is 19.5 Å². The highest BCUT2D eigenvalue weighted by Crippen LogP contribution is 2.25. The van der Waals surface area contributed by atoms with Crippen molar-refractivity contribution in [3.8, 4) is 0 Å². The standard InChI is InChI=1S/C18H22ClN3O4/c19-13-6-2-1-5-12(13)11-20-16(23)14-7-3-9-21(14)17(24)15-8-4-10-22(15)18(25)26/h1-2,5-6,14-15H,3-4,7-11H2,(H,20,23)(H,25,26). The molecule has 7 nitrogen and oxygen atoms in total. The number of benzene rings is 1. The van der Waals surface area contributed by atoms with Crippen LogP contribution in [0.15, 0.2) is 24.3 Å². The summed E-state index contributed by atoms with van der Waals surface area (Å²) in [5.41, 5.74) is 0.811. The topological polar surface area (TPSA) is 90.0 Å². The van der Waals surface area contributed by atoms with Gasteiger partial charge in [0.05, 0.1) is 0 Å². The lowest BCUT2D eigenvalue weighted by atomic mass is 10.1. The Morgan fingerprint density at radius 1 is 1.08 bits per heavy atom. The maximum absolute atomic E-state index is 12.8. The van der Waals surface area contributed by atoms with Gasteiger partial charge in [-0.1, -0.05) is 29.8 Å². The number of hydrogen-bond acceptors (Lipinski definition) is 3. The number of rotatable bonds is 4. The fourth-order valence-corrected chi connectivity index (χ4v) is 3.89. The van der Waals surface area contributed by atoms with Crippen LogP contribution in [-0.2, 0) is 16.1 Å². The smallest absolute Gasteiger partial charge is 0.407 e. The molecule has 2 atom stereocenters. The van der Waals surface area contributed by atoms with Gasteiger partial charge in [-0.05, 0) is 37.3 Å². The van der Waals surface area contributed by atoms with Crippen LogP contribution in [0.2, 0.25) is 5.02 Å². The molecule has 2 aliphatic rings. The average Bonchev–Trinajstić information content (AvgIpc) is 3.29. The number of halogens is 1. The molecule has 2 unspecified atom stereocenters. The highest BCUT2D eigenvalue weighted by molar-refractivity contribution is 6.31. The van der Waals surface area contributed by atoms with Crippen LogP contribution in [-0.4, -0.2) is 58.0 Å². The molecular weight excluding hydrogens is 358 g/mol. The highest BCUT2D eigenvalue weighted by Gasteiger charge is 2.42. The third kappa shape index (κ3) is 3.77. The molecular formula is C18H22ClN3O4. The number of hydrogen-bond donors (Lipinski definition) is 2. The molecule has 2 N–H and O–H groups in total. The van der Waals surface area contributed by atoms with Gasteiger partial charge in [0.15, 0.2) is 0 Å². The fraction of sp³-hybridized carbons (Fsp3) is 0.500. The molecule has 140 valence electrons. The van der Waals surface area contributed by atoms with Crippen molar-refractivity contribution in [2.45, 2.75) is 44.3 Å². The molecule has 3 rings (SSSR count). The monoisotopic (exact) mass is 379 g/mol. The molecule has 0 radical (unpaired) electrons. The zero-order valence-corrected chi connectivity index (χ0v) is 15.1. The molecule has 0 aromatic heterocycles. The fourth-order valence-electron chi connectivity index (χ4n) is 3.69. The summed E-state index contributed by atoms with van der Waals surface area (Å²) in [6, 6.07) is 6.03. The molecule has 2 fully saturated rings. The lowest BCUT2D eigenvalue weighted by molar-refractivity contribution is -0.141. The van der Waals surface area contributed by atoms with Crippen molar-refractivity contribution in [2.75, 3.05) is 13.1 Å². The predicted octanol–water partition coefficient (Wildman–Crippen LogP) is 2.09. The molecule has 2 aliphatic heterocycles. The van der Waals surface area contributed by atoms with Gasteiger partial charge in [-0.3, -0.25) is 14.5 Å². The Kier molecular flexibility index (Phi) is 5.66. The second-order valence-corrected chi connectivity index (χ2v) is 7.04. The molecule has 8 heteroatoms. The van der Waals surface area contributed by atoms with Crippen molar-refractivity contribution >= 4 is 29.5 Å². The zero-order valence-electron chi connectivity index (χ0n) is 14.4. The third-order valence-corrected chi connectivity index (χ3v) is 5.40. The Morgan fingerprint density at radius 3 is 2.42 bits per heavy atom. The lowest BCUT2D eigenvalue weighted by Gasteiger charge is -2.29. The normalized spacial score (nSPS) is 22.5. The van der Waals surface area contributed by atoms with Crippen LogP contribution in [0.1, 0.15) is 31.2 Å². The van der Waals surface area contributed by atoms with Gasteiger partial charge in [0.25, 0.3) is 0 Å². The molecule has 0 saturated carbocycles. The van der Waals surface area contributed by atoms with E-state index < -0.39 is 18.2 Å². The Bertz CT molecular complexity index is 711. The van der Waals surface area contributed by atoms with Crippen molar-refractivity contribution < 1.29 is 19.5 Å². The molecule has 2 saturated heterocycles. The number of likely N-dealkylation sites (tertiary alicyclic amines) is 2. The maximum Gasteiger partial charge on any atom is 0.407 e. The quantitative estimate of drug-likeness (QED) is 0.838. The summed E-state index contributed by atoms with van der Waals surface area (Å²) < 4.78 is 0. The first-order chi connectivity index (χ1) is 12.5. The van der Waals surface area contributed by atoms with Gasteiger partial charge in [0, 0.05) is 24.7 Å².